The second-order valence-corrected chi connectivity index (χ2v) is 7.67. The van der Waals surface area contributed by atoms with Crippen LogP contribution in [0.4, 0.5) is 0 Å². The first kappa shape index (κ1) is 16.0. The summed E-state index contributed by atoms with van der Waals surface area (Å²) in [7, 11) is 2.07. The Labute approximate surface area is 150 Å². The highest BCUT2D eigenvalue weighted by molar-refractivity contribution is 7.99. The van der Waals surface area contributed by atoms with E-state index in [-0.39, 0.29) is 6.10 Å². The van der Waals surface area contributed by atoms with Crippen LogP contribution in [0.25, 0.3) is 10.9 Å². The molecule has 24 heavy (non-hydrogen) atoms. The van der Waals surface area contributed by atoms with Gasteiger partial charge >= 0.3 is 0 Å². The van der Waals surface area contributed by atoms with Crippen molar-refractivity contribution in [3.05, 3.63) is 58.7 Å². The zero-order chi connectivity index (χ0) is 16.8. The SMILES string of the molecule is Cc1c(Sc2cccc(CC3OC3O)c2)c2ccc(Cl)cc2n1C. The number of aromatic nitrogens is 1. The van der Waals surface area contributed by atoms with Crippen molar-refractivity contribution in [3.63, 3.8) is 0 Å². The van der Waals surface area contributed by atoms with Crippen molar-refractivity contribution >= 4 is 34.3 Å². The van der Waals surface area contributed by atoms with Gasteiger partial charge in [-0.2, -0.15) is 0 Å². The van der Waals surface area contributed by atoms with Gasteiger partial charge in [0, 0.05) is 39.4 Å². The van der Waals surface area contributed by atoms with Crippen molar-refractivity contribution in [2.45, 2.75) is 35.5 Å². The molecule has 2 heterocycles. The summed E-state index contributed by atoms with van der Waals surface area (Å²) >= 11 is 7.91. The molecule has 1 saturated heterocycles. The molecule has 0 radical (unpaired) electrons. The van der Waals surface area contributed by atoms with E-state index >= 15 is 0 Å². The molecule has 3 aromatic rings. The number of rotatable bonds is 4. The highest BCUT2D eigenvalue weighted by Gasteiger charge is 2.36. The fraction of sp³-hybridized carbons (Fsp3) is 0.263. The van der Waals surface area contributed by atoms with Gasteiger partial charge in [-0.3, -0.25) is 0 Å². The quantitative estimate of drug-likeness (QED) is 0.694. The molecule has 5 heteroatoms. The lowest BCUT2D eigenvalue weighted by atomic mass is 10.1. The first-order valence-corrected chi connectivity index (χ1v) is 9.07. The maximum Gasteiger partial charge on any atom is 0.182 e. The largest absolute Gasteiger partial charge is 0.366 e. The predicted molar refractivity (Wildman–Crippen MR) is 97.8 cm³/mol. The molecule has 1 aliphatic heterocycles. The Morgan fingerprint density at radius 2 is 2.04 bits per heavy atom. The first-order chi connectivity index (χ1) is 11.5. The van der Waals surface area contributed by atoms with Gasteiger partial charge in [0.05, 0.1) is 5.52 Å². The van der Waals surface area contributed by atoms with Gasteiger partial charge in [-0.15, -0.1) is 0 Å². The molecule has 2 aromatic carbocycles. The molecule has 0 aliphatic carbocycles. The van der Waals surface area contributed by atoms with E-state index < -0.39 is 6.29 Å². The predicted octanol–water partition coefficient (Wildman–Crippen LogP) is 4.55. The number of fused-ring (bicyclic) bond motifs is 1. The number of halogens is 1. The summed E-state index contributed by atoms with van der Waals surface area (Å²) in [5.41, 5.74) is 3.55. The number of benzene rings is 2. The average Bonchev–Trinajstić information content (AvgIpc) is 3.21. The van der Waals surface area contributed by atoms with E-state index in [0.29, 0.717) is 0 Å². The molecule has 0 amide bonds. The fourth-order valence-electron chi connectivity index (χ4n) is 3.00. The van der Waals surface area contributed by atoms with Gasteiger partial charge in [0.1, 0.15) is 6.10 Å². The second-order valence-electron chi connectivity index (χ2n) is 6.15. The van der Waals surface area contributed by atoms with Gasteiger partial charge in [-0.05, 0) is 36.8 Å². The third-order valence-electron chi connectivity index (χ3n) is 4.51. The number of aryl methyl sites for hydroxylation is 1. The number of ether oxygens (including phenoxy) is 1. The lowest BCUT2D eigenvalue weighted by Gasteiger charge is -2.05. The van der Waals surface area contributed by atoms with Gasteiger partial charge < -0.3 is 14.4 Å². The van der Waals surface area contributed by atoms with Crippen LogP contribution in [-0.4, -0.2) is 22.1 Å². The normalized spacial score (nSPS) is 19.8. The van der Waals surface area contributed by atoms with Crippen LogP contribution in [0.5, 0.6) is 0 Å². The molecule has 4 rings (SSSR count). The van der Waals surface area contributed by atoms with Crippen LogP contribution in [0.1, 0.15) is 11.3 Å². The third-order valence-corrected chi connectivity index (χ3v) is 5.95. The van der Waals surface area contributed by atoms with Crippen LogP contribution >= 0.6 is 23.4 Å². The van der Waals surface area contributed by atoms with Gasteiger partial charge in [0.15, 0.2) is 6.29 Å². The number of nitrogens with zero attached hydrogens (tertiary/aromatic N) is 1. The minimum atomic E-state index is -0.591. The van der Waals surface area contributed by atoms with Gasteiger partial charge in [0.2, 0.25) is 0 Å². The summed E-state index contributed by atoms with van der Waals surface area (Å²) in [6.07, 6.45) is 0.109. The Morgan fingerprint density at radius 3 is 2.79 bits per heavy atom. The third kappa shape index (κ3) is 2.95. The molecular weight excluding hydrogens is 342 g/mol. The monoisotopic (exact) mass is 359 g/mol. The fourth-order valence-corrected chi connectivity index (χ4v) is 4.33. The van der Waals surface area contributed by atoms with Crippen LogP contribution in [0, 0.1) is 6.92 Å². The lowest BCUT2D eigenvalue weighted by molar-refractivity contribution is 0.156. The van der Waals surface area contributed by atoms with E-state index in [4.69, 9.17) is 16.3 Å². The molecule has 2 atom stereocenters. The Balaban J connectivity index is 1.67. The van der Waals surface area contributed by atoms with E-state index in [9.17, 15) is 5.11 Å². The van der Waals surface area contributed by atoms with Crippen molar-refractivity contribution in [1.82, 2.24) is 4.57 Å². The van der Waals surface area contributed by atoms with Crippen molar-refractivity contribution in [3.8, 4) is 0 Å². The Bertz CT molecular complexity index is 921. The number of aliphatic hydroxyl groups excluding tert-OH is 1. The maximum atomic E-state index is 9.33. The molecule has 1 N–H and O–H groups in total. The summed E-state index contributed by atoms with van der Waals surface area (Å²) in [6, 6.07) is 14.5. The summed E-state index contributed by atoms with van der Waals surface area (Å²) in [5.74, 6) is 0. The highest BCUT2D eigenvalue weighted by Crippen LogP contribution is 2.39. The van der Waals surface area contributed by atoms with Crippen molar-refractivity contribution < 1.29 is 9.84 Å². The smallest absolute Gasteiger partial charge is 0.182 e. The van der Waals surface area contributed by atoms with E-state index in [1.807, 2.05) is 12.1 Å². The zero-order valence-corrected chi connectivity index (χ0v) is 15.1. The molecule has 1 fully saturated rings. The molecule has 1 aromatic heterocycles. The van der Waals surface area contributed by atoms with E-state index in [0.717, 1.165) is 17.0 Å². The number of epoxide rings is 1. The summed E-state index contributed by atoms with van der Waals surface area (Å²) in [4.78, 5) is 2.44. The Hall–Kier alpha value is -1.46. The molecule has 0 spiro atoms. The van der Waals surface area contributed by atoms with E-state index in [2.05, 4.69) is 48.9 Å². The van der Waals surface area contributed by atoms with E-state index in [1.54, 1.807) is 11.8 Å². The maximum absolute atomic E-state index is 9.33. The molecular formula is C19H18ClNO2S. The molecule has 2 unspecified atom stereocenters. The van der Waals surface area contributed by atoms with Crippen LogP contribution in [0.15, 0.2) is 52.3 Å². The van der Waals surface area contributed by atoms with Crippen LogP contribution < -0.4 is 0 Å². The Kier molecular flexibility index (Phi) is 4.09. The van der Waals surface area contributed by atoms with Gasteiger partial charge in [-0.25, -0.2) is 0 Å². The first-order valence-electron chi connectivity index (χ1n) is 7.88. The lowest BCUT2D eigenvalue weighted by Crippen LogP contribution is -1.97. The van der Waals surface area contributed by atoms with Gasteiger partial charge in [0.25, 0.3) is 0 Å². The minimum Gasteiger partial charge on any atom is -0.366 e. The number of aliphatic hydroxyl groups is 1. The number of hydrogen-bond donors (Lipinski definition) is 1. The van der Waals surface area contributed by atoms with Crippen molar-refractivity contribution in [2.75, 3.05) is 0 Å². The van der Waals surface area contributed by atoms with Crippen LogP contribution in [-0.2, 0) is 18.2 Å². The molecule has 124 valence electrons. The van der Waals surface area contributed by atoms with Crippen LogP contribution in [0.3, 0.4) is 0 Å². The van der Waals surface area contributed by atoms with Gasteiger partial charge in [-0.1, -0.05) is 41.6 Å². The summed E-state index contributed by atoms with van der Waals surface area (Å²) in [5, 5.41) is 11.3. The molecule has 1 aliphatic rings. The molecule has 0 saturated carbocycles. The molecule has 0 bridgehead atoms. The Morgan fingerprint density at radius 1 is 1.25 bits per heavy atom. The molecule has 3 nitrogen and oxygen atoms in total. The standard InChI is InChI=1S/C19H18ClNO2S/c1-11-18(15-7-6-13(20)10-16(15)21(11)2)24-14-5-3-4-12(8-14)9-17-19(22)23-17/h3-8,10,17,19,22H,9H2,1-2H3. The summed E-state index contributed by atoms with van der Waals surface area (Å²) < 4.78 is 7.29. The number of hydrogen-bond acceptors (Lipinski definition) is 3. The van der Waals surface area contributed by atoms with Crippen LogP contribution in [0.2, 0.25) is 5.02 Å². The van der Waals surface area contributed by atoms with Crippen molar-refractivity contribution in [1.29, 1.82) is 0 Å². The zero-order valence-electron chi connectivity index (χ0n) is 13.5. The highest BCUT2D eigenvalue weighted by atomic mass is 35.5. The van der Waals surface area contributed by atoms with Crippen molar-refractivity contribution in [2.24, 2.45) is 7.05 Å². The second kappa shape index (κ2) is 6.12. The summed E-state index contributed by atoms with van der Waals surface area (Å²) in [6.45, 7) is 2.13. The average molecular weight is 360 g/mol. The van der Waals surface area contributed by atoms with E-state index in [1.165, 1.54) is 26.4 Å². The minimum absolute atomic E-state index is 0.0494. The topological polar surface area (TPSA) is 37.7 Å².